The van der Waals surface area contributed by atoms with Gasteiger partial charge in [0.15, 0.2) is 5.78 Å². The van der Waals surface area contributed by atoms with Crippen LogP contribution >= 0.6 is 0 Å². The summed E-state index contributed by atoms with van der Waals surface area (Å²) in [5, 5.41) is 52.7. The van der Waals surface area contributed by atoms with Crippen molar-refractivity contribution in [1.29, 1.82) is 0 Å². The van der Waals surface area contributed by atoms with E-state index in [2.05, 4.69) is 5.10 Å². The predicted octanol–water partition coefficient (Wildman–Crippen LogP) is 4.84. The summed E-state index contributed by atoms with van der Waals surface area (Å²) in [5.41, 5.74) is -0.692. The van der Waals surface area contributed by atoms with Crippen molar-refractivity contribution in [2.75, 3.05) is 7.11 Å². The molecule has 2 heterocycles. The average Bonchev–Trinajstić information content (AvgIpc) is 3.43. The zero-order valence-electron chi connectivity index (χ0n) is 23.4. The first-order valence-corrected chi connectivity index (χ1v) is 12.8. The first-order valence-electron chi connectivity index (χ1n) is 12.8. The maximum absolute atomic E-state index is 13.5. The van der Waals surface area contributed by atoms with Gasteiger partial charge in [-0.05, 0) is 24.3 Å². The molecule has 0 saturated carbocycles. The van der Waals surface area contributed by atoms with E-state index >= 15 is 0 Å². The molecule has 0 unspecified atom stereocenters. The van der Waals surface area contributed by atoms with E-state index in [4.69, 9.17) is 14.9 Å². The van der Waals surface area contributed by atoms with Crippen LogP contribution in [0, 0.1) is 20.2 Å². The van der Waals surface area contributed by atoms with Crippen LogP contribution in [0.2, 0.25) is 0 Å². The number of carboxylic acids is 3. The van der Waals surface area contributed by atoms with E-state index in [1.165, 1.54) is 11.6 Å². The standard InChI is InChI=1S/C22H15N3O6.C8H5NO6/c1-31-17-7-8-18-19(20(23-24(18)12-17)13-5-3-2-4-6-13)21(26)14-9-15(22(27)28)11-16(10-14)25(29)30;10-7(11)4-1-5(8(12)13)3-6(2-4)9(14)15/h2-12H,1H3,(H,27,28);1-3H,(H,10,11)(H,12,13). The van der Waals surface area contributed by atoms with E-state index in [9.17, 15) is 44.5 Å². The summed E-state index contributed by atoms with van der Waals surface area (Å²) < 4.78 is 6.71. The summed E-state index contributed by atoms with van der Waals surface area (Å²) in [7, 11) is 1.51. The maximum atomic E-state index is 13.5. The second-order valence-corrected chi connectivity index (χ2v) is 9.28. The van der Waals surface area contributed by atoms with Gasteiger partial charge in [-0.2, -0.15) is 5.10 Å². The Morgan fingerprint density at radius 2 is 1.20 bits per heavy atom. The average molecular weight is 629 g/mol. The molecule has 0 aliphatic rings. The summed E-state index contributed by atoms with van der Waals surface area (Å²) in [6.07, 6.45) is 1.61. The number of non-ortho nitro benzene ring substituents is 2. The molecule has 232 valence electrons. The normalized spacial score (nSPS) is 10.4. The predicted molar refractivity (Wildman–Crippen MR) is 158 cm³/mol. The Balaban J connectivity index is 0.000000270. The van der Waals surface area contributed by atoms with Gasteiger partial charge in [0, 0.05) is 35.4 Å². The van der Waals surface area contributed by atoms with Gasteiger partial charge in [0.1, 0.15) is 11.4 Å². The van der Waals surface area contributed by atoms with Gasteiger partial charge in [0.25, 0.3) is 11.4 Å². The van der Waals surface area contributed by atoms with E-state index in [-0.39, 0.29) is 16.7 Å². The van der Waals surface area contributed by atoms with Crippen molar-refractivity contribution in [2.24, 2.45) is 0 Å². The van der Waals surface area contributed by atoms with Crippen LogP contribution in [-0.4, -0.2) is 65.6 Å². The van der Waals surface area contributed by atoms with E-state index in [0.29, 0.717) is 22.5 Å². The van der Waals surface area contributed by atoms with Crippen molar-refractivity contribution >= 4 is 40.6 Å². The van der Waals surface area contributed by atoms with E-state index in [0.717, 1.165) is 36.4 Å². The largest absolute Gasteiger partial charge is 0.495 e. The van der Waals surface area contributed by atoms with Crippen molar-refractivity contribution in [1.82, 2.24) is 9.61 Å². The molecular formula is C30H20N4O12. The first kappa shape index (κ1) is 32.0. The molecule has 0 fully saturated rings. The number of pyridine rings is 1. The Hall–Kier alpha value is -6.97. The molecule has 46 heavy (non-hydrogen) atoms. The van der Waals surface area contributed by atoms with E-state index in [1.54, 1.807) is 42.6 Å². The Morgan fingerprint density at radius 1 is 0.717 bits per heavy atom. The molecule has 5 aromatic rings. The van der Waals surface area contributed by atoms with E-state index < -0.39 is 56.0 Å². The molecule has 0 saturated heterocycles. The molecule has 2 aromatic heterocycles. The van der Waals surface area contributed by atoms with Crippen LogP contribution < -0.4 is 4.74 Å². The molecule has 0 aliphatic carbocycles. The molecule has 3 N–H and O–H groups in total. The number of rotatable bonds is 9. The number of hydrogen-bond acceptors (Lipinski definition) is 10. The molecular weight excluding hydrogens is 608 g/mol. The number of carbonyl (C=O) groups excluding carboxylic acids is 1. The molecule has 16 heteroatoms. The number of nitrogens with zero attached hydrogens (tertiary/aromatic N) is 4. The Morgan fingerprint density at radius 3 is 1.65 bits per heavy atom. The fourth-order valence-corrected chi connectivity index (χ4v) is 4.25. The van der Waals surface area contributed by atoms with Gasteiger partial charge in [-0.3, -0.25) is 25.0 Å². The molecule has 0 aliphatic heterocycles. The van der Waals surface area contributed by atoms with Crippen molar-refractivity contribution in [3.05, 3.63) is 133 Å². The van der Waals surface area contributed by atoms with Crippen LogP contribution in [0.3, 0.4) is 0 Å². The number of nitro benzene ring substituents is 2. The molecule has 5 rings (SSSR count). The number of aromatic carboxylic acids is 3. The number of hydrogen-bond donors (Lipinski definition) is 3. The Kier molecular flexibility index (Phi) is 9.12. The summed E-state index contributed by atoms with van der Waals surface area (Å²) in [6.45, 7) is 0. The number of carbonyl (C=O) groups is 4. The van der Waals surface area contributed by atoms with Crippen LogP contribution in [0.5, 0.6) is 5.75 Å². The molecule has 3 aromatic carbocycles. The lowest BCUT2D eigenvalue weighted by atomic mass is 9.97. The second kappa shape index (κ2) is 13.1. The van der Waals surface area contributed by atoms with Crippen LogP contribution in [0.15, 0.2) is 85.1 Å². The van der Waals surface area contributed by atoms with Crippen molar-refractivity contribution in [3.63, 3.8) is 0 Å². The van der Waals surface area contributed by atoms with Crippen LogP contribution in [0.4, 0.5) is 11.4 Å². The lowest BCUT2D eigenvalue weighted by molar-refractivity contribution is -0.385. The monoisotopic (exact) mass is 628 g/mol. The number of nitro groups is 2. The first-order chi connectivity index (χ1) is 21.8. The molecule has 0 spiro atoms. The number of ether oxygens (including phenoxy) is 1. The van der Waals surface area contributed by atoms with Crippen molar-refractivity contribution in [3.8, 4) is 17.0 Å². The van der Waals surface area contributed by atoms with Gasteiger partial charge in [-0.25, -0.2) is 18.9 Å². The summed E-state index contributed by atoms with van der Waals surface area (Å²) in [4.78, 5) is 66.1. The topological polar surface area (TPSA) is 242 Å². The third kappa shape index (κ3) is 6.81. The summed E-state index contributed by atoms with van der Waals surface area (Å²) in [5.74, 6) is -4.25. The fraction of sp³-hybridized carbons (Fsp3) is 0.0333. The minimum Gasteiger partial charge on any atom is -0.495 e. The lowest BCUT2D eigenvalue weighted by Gasteiger charge is -2.05. The minimum atomic E-state index is -1.42. The molecule has 16 nitrogen and oxygen atoms in total. The third-order valence-electron chi connectivity index (χ3n) is 6.37. The maximum Gasteiger partial charge on any atom is 0.335 e. The zero-order chi connectivity index (χ0) is 33.7. The number of benzene rings is 3. The number of methoxy groups -OCH3 is 1. The van der Waals surface area contributed by atoms with Gasteiger partial charge >= 0.3 is 17.9 Å². The SMILES string of the molecule is COc1ccc2c(C(=O)c3cc(C(=O)O)cc([N+](=O)[O-])c3)c(-c3ccccc3)nn2c1.O=C(O)c1cc(C(=O)O)cc([N+](=O)[O-])c1. The van der Waals surface area contributed by atoms with Gasteiger partial charge in [-0.1, -0.05) is 30.3 Å². The van der Waals surface area contributed by atoms with Crippen LogP contribution in [0.25, 0.3) is 16.8 Å². The van der Waals surface area contributed by atoms with Gasteiger partial charge in [0.2, 0.25) is 0 Å². The summed E-state index contributed by atoms with van der Waals surface area (Å²) >= 11 is 0. The van der Waals surface area contributed by atoms with Crippen molar-refractivity contribution in [2.45, 2.75) is 0 Å². The lowest BCUT2D eigenvalue weighted by Crippen LogP contribution is -2.07. The van der Waals surface area contributed by atoms with Gasteiger partial charge in [-0.15, -0.1) is 0 Å². The number of ketones is 1. The molecule has 0 radical (unpaired) electrons. The van der Waals surface area contributed by atoms with Gasteiger partial charge in [0.05, 0.1) is 50.9 Å². The smallest absolute Gasteiger partial charge is 0.335 e. The van der Waals surface area contributed by atoms with Crippen LogP contribution in [-0.2, 0) is 0 Å². The Bertz CT molecular complexity index is 1940. The van der Waals surface area contributed by atoms with Crippen LogP contribution in [0.1, 0.15) is 47.0 Å². The number of carboxylic acid groups (broad SMARTS) is 3. The highest BCUT2D eigenvalue weighted by atomic mass is 16.6. The summed E-state index contributed by atoms with van der Waals surface area (Å²) in [6, 6.07) is 17.9. The van der Waals surface area contributed by atoms with Gasteiger partial charge < -0.3 is 20.1 Å². The van der Waals surface area contributed by atoms with E-state index in [1.807, 2.05) is 6.07 Å². The molecule has 0 amide bonds. The molecule has 0 atom stereocenters. The highest BCUT2D eigenvalue weighted by Crippen LogP contribution is 2.31. The Labute approximate surface area is 256 Å². The highest BCUT2D eigenvalue weighted by molar-refractivity contribution is 6.17. The molecule has 0 bridgehead atoms. The fourth-order valence-electron chi connectivity index (χ4n) is 4.25. The quantitative estimate of drug-likeness (QED) is 0.113. The number of fused-ring (bicyclic) bond motifs is 1. The van der Waals surface area contributed by atoms with Crippen molar-refractivity contribution < 1.29 is 49.1 Å². The minimum absolute atomic E-state index is 0.116. The third-order valence-corrected chi connectivity index (χ3v) is 6.37. The highest BCUT2D eigenvalue weighted by Gasteiger charge is 2.25. The number of aromatic nitrogens is 2. The zero-order valence-corrected chi connectivity index (χ0v) is 23.4. The second-order valence-electron chi connectivity index (χ2n) is 9.28.